The van der Waals surface area contributed by atoms with Crippen LogP contribution < -0.4 is 20.9 Å². The number of ether oxygens (including phenoxy) is 1. The Hall–Kier alpha value is -4.63. The highest BCUT2D eigenvalue weighted by molar-refractivity contribution is 7.99. The Morgan fingerprint density at radius 3 is 2.54 bits per heavy atom. The summed E-state index contributed by atoms with van der Waals surface area (Å²) in [6.45, 7) is 7.76. The number of fused-ring (bicyclic) bond motifs is 1. The number of amides is 1. The number of hydrogen-bond acceptors (Lipinski definition) is 9. The molecular weight excluding hydrogens is 666 g/mol. The SMILES string of the molecule is C=CC(=O)N1[C@H](C)CN(c2nc(=O)n3c4c(c(-c5csc6cc[nH]c(=O)c56)c(C(F)(F)F)cc24)SCC(Oc2ccncc2)C3)C[C@@H]1C. The summed E-state index contributed by atoms with van der Waals surface area (Å²) in [6, 6.07) is 5.35. The van der Waals surface area contributed by atoms with Crippen LogP contribution in [0.2, 0.25) is 0 Å². The molecular formula is C33H29F3N6O4S2. The molecule has 4 aromatic heterocycles. The number of nitrogens with zero attached hydrogens (tertiary/aromatic N) is 5. The van der Waals surface area contributed by atoms with Gasteiger partial charge in [0.05, 0.1) is 23.0 Å². The van der Waals surface area contributed by atoms with Crippen LogP contribution in [0.3, 0.4) is 0 Å². The third kappa shape index (κ3) is 5.44. The van der Waals surface area contributed by atoms with Crippen LogP contribution in [0.25, 0.3) is 32.1 Å². The van der Waals surface area contributed by atoms with E-state index in [1.807, 2.05) is 13.8 Å². The van der Waals surface area contributed by atoms with Gasteiger partial charge in [0.1, 0.15) is 17.7 Å². The van der Waals surface area contributed by atoms with Crippen LogP contribution in [-0.4, -0.2) is 67.4 Å². The zero-order chi connectivity index (χ0) is 33.9. The number of hydrogen-bond donors (Lipinski definition) is 1. The van der Waals surface area contributed by atoms with E-state index in [2.05, 4.69) is 21.5 Å². The number of piperazine rings is 1. The van der Waals surface area contributed by atoms with Gasteiger partial charge >= 0.3 is 11.9 Å². The molecule has 48 heavy (non-hydrogen) atoms. The largest absolute Gasteiger partial charge is 0.488 e. The van der Waals surface area contributed by atoms with Crippen molar-refractivity contribution in [2.24, 2.45) is 0 Å². The van der Waals surface area contributed by atoms with E-state index >= 15 is 13.2 Å². The van der Waals surface area contributed by atoms with Crippen molar-refractivity contribution >= 4 is 55.8 Å². The average Bonchev–Trinajstić information content (AvgIpc) is 3.39. The van der Waals surface area contributed by atoms with Crippen LogP contribution in [0.1, 0.15) is 19.4 Å². The van der Waals surface area contributed by atoms with Crippen LogP contribution in [0.15, 0.2) is 75.4 Å². The van der Waals surface area contributed by atoms with E-state index < -0.39 is 29.1 Å². The maximum atomic E-state index is 15.2. The summed E-state index contributed by atoms with van der Waals surface area (Å²) < 4.78 is 53.9. The first kappa shape index (κ1) is 31.9. The van der Waals surface area contributed by atoms with Crippen molar-refractivity contribution in [1.82, 2.24) is 24.4 Å². The standard InChI is InChI=1S/C33H29F3N6O4S2/c1-4-25(43)42-17(2)12-40(13-18(42)3)30-21-11-23(33(34,35)36)26(22-16-47-24-7-10-38-31(44)27(22)24)29-28(21)41(32(45)39-30)14-20(15-48-29)46-19-5-8-37-9-6-19/h4-11,16-18,20H,1,12-15H2,2-3H3,(H,38,44)/t17-,18+,20?. The molecule has 7 rings (SSSR count). The summed E-state index contributed by atoms with van der Waals surface area (Å²) >= 11 is 2.33. The maximum absolute atomic E-state index is 15.2. The minimum absolute atomic E-state index is 0.0229. The van der Waals surface area contributed by atoms with Gasteiger partial charge in [-0.05, 0) is 44.2 Å². The molecule has 3 atom stereocenters. The molecule has 0 spiro atoms. The molecule has 2 aliphatic rings. The van der Waals surface area contributed by atoms with Gasteiger partial charge in [0.2, 0.25) is 5.91 Å². The number of aromatic amines is 1. The number of nitrogens with one attached hydrogen (secondary N) is 1. The van der Waals surface area contributed by atoms with Gasteiger partial charge in [0, 0.05) is 81.0 Å². The molecule has 1 unspecified atom stereocenters. The molecule has 0 radical (unpaired) electrons. The second-order valence-corrected chi connectivity index (χ2v) is 13.8. The lowest BCUT2D eigenvalue weighted by molar-refractivity contribution is -0.137. The normalized spacial score (nSPS) is 19.8. The molecule has 15 heteroatoms. The molecule has 0 saturated carbocycles. The molecule has 1 saturated heterocycles. The predicted octanol–water partition coefficient (Wildman–Crippen LogP) is 5.55. The summed E-state index contributed by atoms with van der Waals surface area (Å²) in [5, 5.41) is 1.86. The van der Waals surface area contributed by atoms with Gasteiger partial charge < -0.3 is 19.5 Å². The lowest BCUT2D eigenvalue weighted by atomic mass is 9.96. The van der Waals surface area contributed by atoms with Gasteiger partial charge in [0.15, 0.2) is 0 Å². The van der Waals surface area contributed by atoms with Crippen molar-refractivity contribution in [3.05, 3.63) is 87.3 Å². The fourth-order valence-corrected chi connectivity index (χ4v) is 8.96. The van der Waals surface area contributed by atoms with E-state index in [1.165, 1.54) is 28.2 Å². The molecule has 0 aliphatic carbocycles. The van der Waals surface area contributed by atoms with Gasteiger partial charge in [-0.15, -0.1) is 23.1 Å². The number of halogens is 3. The lowest BCUT2D eigenvalue weighted by Gasteiger charge is -2.44. The summed E-state index contributed by atoms with van der Waals surface area (Å²) in [7, 11) is 0. The van der Waals surface area contributed by atoms with E-state index in [0.29, 0.717) is 10.4 Å². The molecule has 1 aromatic carbocycles. The Balaban J connectivity index is 1.50. The molecule has 2 aliphatic heterocycles. The number of carbonyl (C=O) groups excluding carboxylic acids is 1. The smallest absolute Gasteiger partial charge is 0.417 e. The Morgan fingerprint density at radius 1 is 1.12 bits per heavy atom. The quantitative estimate of drug-likeness (QED) is 0.239. The fourth-order valence-electron chi connectivity index (χ4n) is 6.76. The van der Waals surface area contributed by atoms with Crippen LogP contribution in [-0.2, 0) is 17.5 Å². The Bertz CT molecular complexity index is 2190. The number of anilines is 1. The first-order valence-electron chi connectivity index (χ1n) is 15.1. The molecule has 1 N–H and O–H groups in total. The fraction of sp³-hybridized carbons (Fsp3) is 0.303. The summed E-state index contributed by atoms with van der Waals surface area (Å²) in [4.78, 5) is 54.3. The van der Waals surface area contributed by atoms with Crippen LogP contribution in [0.5, 0.6) is 5.75 Å². The monoisotopic (exact) mass is 694 g/mol. The Kier molecular flexibility index (Phi) is 8.06. The van der Waals surface area contributed by atoms with Crippen molar-refractivity contribution < 1.29 is 22.7 Å². The first-order chi connectivity index (χ1) is 23.0. The third-order valence-electron chi connectivity index (χ3n) is 8.67. The molecule has 5 aromatic rings. The number of rotatable bonds is 5. The number of benzene rings is 1. The number of carbonyl (C=O) groups is 1. The van der Waals surface area contributed by atoms with Gasteiger partial charge in [-0.3, -0.25) is 19.1 Å². The van der Waals surface area contributed by atoms with Crippen molar-refractivity contribution in [1.29, 1.82) is 0 Å². The molecule has 6 heterocycles. The molecule has 0 bridgehead atoms. The van der Waals surface area contributed by atoms with Crippen molar-refractivity contribution in [3.8, 4) is 16.9 Å². The second-order valence-electron chi connectivity index (χ2n) is 11.8. The molecule has 10 nitrogen and oxygen atoms in total. The lowest BCUT2D eigenvalue weighted by Crippen LogP contribution is -2.58. The van der Waals surface area contributed by atoms with E-state index in [-0.39, 0.29) is 81.5 Å². The number of alkyl halides is 3. The second kappa shape index (κ2) is 12.1. The summed E-state index contributed by atoms with van der Waals surface area (Å²) in [5.41, 5.74) is -1.84. The number of thiophene rings is 1. The molecule has 248 valence electrons. The number of pyridine rings is 2. The molecule has 1 amide bonds. The third-order valence-corrected chi connectivity index (χ3v) is 10.8. The minimum atomic E-state index is -4.83. The number of aromatic nitrogens is 4. The van der Waals surface area contributed by atoms with Gasteiger partial charge in [-0.1, -0.05) is 6.58 Å². The van der Waals surface area contributed by atoms with E-state index in [1.54, 1.807) is 45.8 Å². The highest BCUT2D eigenvalue weighted by Gasteiger charge is 2.40. The topological polar surface area (TPSA) is 113 Å². The summed E-state index contributed by atoms with van der Waals surface area (Å²) in [5.74, 6) is 0.555. The Labute approximate surface area is 279 Å². The van der Waals surface area contributed by atoms with Gasteiger partial charge in [-0.2, -0.15) is 18.2 Å². The van der Waals surface area contributed by atoms with E-state index in [4.69, 9.17) is 4.74 Å². The predicted molar refractivity (Wildman–Crippen MR) is 180 cm³/mol. The average molecular weight is 695 g/mol. The van der Waals surface area contributed by atoms with E-state index in [0.717, 1.165) is 17.8 Å². The zero-order valence-electron chi connectivity index (χ0n) is 25.8. The summed E-state index contributed by atoms with van der Waals surface area (Å²) in [6.07, 6.45) is 0.371. The first-order valence-corrected chi connectivity index (χ1v) is 17.0. The minimum Gasteiger partial charge on any atom is -0.488 e. The van der Waals surface area contributed by atoms with Crippen molar-refractivity contribution in [2.75, 3.05) is 23.7 Å². The Morgan fingerprint density at radius 2 is 1.85 bits per heavy atom. The van der Waals surface area contributed by atoms with Crippen LogP contribution in [0, 0.1) is 0 Å². The van der Waals surface area contributed by atoms with Crippen LogP contribution in [0.4, 0.5) is 19.0 Å². The zero-order valence-corrected chi connectivity index (χ0v) is 27.4. The highest BCUT2D eigenvalue weighted by atomic mass is 32.2. The van der Waals surface area contributed by atoms with E-state index in [9.17, 15) is 14.4 Å². The number of thioether (sulfide) groups is 1. The highest BCUT2D eigenvalue weighted by Crippen LogP contribution is 2.50. The maximum Gasteiger partial charge on any atom is 0.417 e. The van der Waals surface area contributed by atoms with Crippen LogP contribution >= 0.6 is 23.1 Å². The van der Waals surface area contributed by atoms with Gasteiger partial charge in [0.25, 0.3) is 5.56 Å². The van der Waals surface area contributed by atoms with Crippen molar-refractivity contribution in [2.45, 2.75) is 49.7 Å². The number of H-pyrrole nitrogens is 1. The van der Waals surface area contributed by atoms with Gasteiger partial charge in [-0.25, -0.2) is 4.79 Å². The molecule has 1 fully saturated rings. The van der Waals surface area contributed by atoms with Crippen molar-refractivity contribution in [3.63, 3.8) is 0 Å².